The minimum absolute atomic E-state index is 0.152. The van der Waals surface area contributed by atoms with E-state index in [1.54, 1.807) is 29.5 Å². The lowest BCUT2D eigenvalue weighted by molar-refractivity contribution is -0.103. The lowest BCUT2D eigenvalue weighted by Gasteiger charge is -2.21. The molecule has 2 aliphatic rings. The zero-order valence-corrected chi connectivity index (χ0v) is 22.3. The van der Waals surface area contributed by atoms with E-state index in [1.807, 2.05) is 43.3 Å². The van der Waals surface area contributed by atoms with Gasteiger partial charge in [-0.2, -0.15) is 0 Å². The molecule has 0 bridgehead atoms. The molecule has 0 radical (unpaired) electrons. The van der Waals surface area contributed by atoms with Gasteiger partial charge in [-0.1, -0.05) is 30.4 Å². The fourth-order valence-electron chi connectivity index (χ4n) is 4.66. The highest BCUT2D eigenvalue weighted by atomic mass is 17.2. The number of hydrogen-bond acceptors (Lipinski definition) is 8. The molecule has 2 aliphatic heterocycles. The van der Waals surface area contributed by atoms with Gasteiger partial charge in [0.05, 0.1) is 42.8 Å². The highest BCUT2D eigenvalue weighted by Gasteiger charge is 2.36. The molecule has 0 saturated carbocycles. The van der Waals surface area contributed by atoms with Gasteiger partial charge in [-0.15, -0.1) is 0 Å². The number of allylic oxidation sites excluding steroid dienone is 2. The molecule has 10 heteroatoms. The first-order valence-corrected chi connectivity index (χ1v) is 12.6. The summed E-state index contributed by atoms with van der Waals surface area (Å²) in [5, 5.41) is 0. The number of para-hydroxylation sites is 1. The Hall–Kier alpha value is -5.12. The van der Waals surface area contributed by atoms with Crippen LogP contribution >= 0.6 is 0 Å². The predicted octanol–water partition coefficient (Wildman–Crippen LogP) is 5.13. The standard InChI is InChI=1S/C30H28N4O6/c1-4-5-8-11-32-22-15-27(25(37-2)13-20(22)29(31)35)39-40-28-16-23-21(14-26(28)38-3)30(36)34-19(17-33-23)12-18-9-6-7-10-24(18)34/h4-7,9-11,13-17,19H,8,12H2,1-3H3,(H2,31,35)/b5-4-,32-11-/t19-/m0/s1. The molecule has 5 rings (SSSR count). The van der Waals surface area contributed by atoms with Crippen molar-refractivity contribution in [2.24, 2.45) is 15.7 Å². The minimum Gasteiger partial charge on any atom is -0.493 e. The van der Waals surface area contributed by atoms with Crippen molar-refractivity contribution >= 4 is 41.3 Å². The molecule has 10 nitrogen and oxygen atoms in total. The average molecular weight is 541 g/mol. The maximum Gasteiger partial charge on any atom is 0.261 e. The number of hydrogen-bond donors (Lipinski definition) is 1. The third kappa shape index (κ3) is 4.98. The number of benzene rings is 3. The molecule has 3 aromatic rings. The number of anilines is 1. The molecule has 204 valence electrons. The van der Waals surface area contributed by atoms with Gasteiger partial charge in [0.2, 0.25) is 11.5 Å². The molecule has 2 N–H and O–H groups in total. The Balaban J connectivity index is 1.45. The quantitative estimate of drug-likeness (QED) is 0.174. The number of primary amides is 1. The summed E-state index contributed by atoms with van der Waals surface area (Å²) in [4.78, 5) is 47.7. The molecule has 3 aromatic carbocycles. The van der Waals surface area contributed by atoms with E-state index in [1.165, 1.54) is 26.4 Å². The van der Waals surface area contributed by atoms with Crippen LogP contribution in [0.25, 0.3) is 0 Å². The lowest BCUT2D eigenvalue weighted by Crippen LogP contribution is -2.37. The molecule has 2 amide bonds. The van der Waals surface area contributed by atoms with E-state index in [0.29, 0.717) is 29.8 Å². The van der Waals surface area contributed by atoms with Crippen LogP contribution < -0.4 is 29.9 Å². The van der Waals surface area contributed by atoms with Crippen LogP contribution in [-0.2, 0) is 6.42 Å². The van der Waals surface area contributed by atoms with E-state index in [9.17, 15) is 9.59 Å². The van der Waals surface area contributed by atoms with Crippen molar-refractivity contribution in [3.63, 3.8) is 0 Å². The number of fused-ring (bicyclic) bond motifs is 4. The largest absolute Gasteiger partial charge is 0.493 e. The summed E-state index contributed by atoms with van der Waals surface area (Å²) in [7, 11) is 2.89. The summed E-state index contributed by atoms with van der Waals surface area (Å²) in [5.41, 5.74) is 8.77. The Bertz CT molecular complexity index is 1560. The molecule has 1 atom stereocenters. The number of methoxy groups -OCH3 is 2. The number of rotatable bonds is 9. The summed E-state index contributed by atoms with van der Waals surface area (Å²) in [5.74, 6) is -0.0281. The van der Waals surface area contributed by atoms with Gasteiger partial charge in [-0.05, 0) is 30.7 Å². The van der Waals surface area contributed by atoms with Crippen LogP contribution in [0.5, 0.6) is 23.0 Å². The number of aliphatic imine (C=N–C) groups is 2. The fourth-order valence-corrected chi connectivity index (χ4v) is 4.66. The van der Waals surface area contributed by atoms with Crippen molar-refractivity contribution in [2.45, 2.75) is 25.8 Å². The maximum absolute atomic E-state index is 13.6. The maximum atomic E-state index is 13.6. The summed E-state index contributed by atoms with van der Waals surface area (Å²) < 4.78 is 10.9. The first-order valence-electron chi connectivity index (χ1n) is 12.6. The number of ether oxygens (including phenoxy) is 2. The SMILES string of the molecule is C/C=C\C/C=N\c1cc(OOc2cc3c(cc2OC)C(=O)N2c4ccccc4C[C@H]2C=N3)c(OC)cc1C(N)=O. The van der Waals surface area contributed by atoms with Gasteiger partial charge in [0.1, 0.15) is 0 Å². The van der Waals surface area contributed by atoms with E-state index in [-0.39, 0.29) is 40.5 Å². The molecule has 0 fully saturated rings. The topological polar surface area (TPSA) is 125 Å². The fraction of sp³-hybridized carbons (Fsp3) is 0.200. The highest BCUT2D eigenvalue weighted by molar-refractivity contribution is 6.14. The Morgan fingerprint density at radius 3 is 2.52 bits per heavy atom. The normalized spacial score (nSPS) is 15.5. The smallest absolute Gasteiger partial charge is 0.261 e. The van der Waals surface area contributed by atoms with Gasteiger partial charge < -0.3 is 15.2 Å². The molecule has 40 heavy (non-hydrogen) atoms. The average Bonchev–Trinajstić information content (AvgIpc) is 3.28. The number of amides is 2. The van der Waals surface area contributed by atoms with Crippen LogP contribution in [0, 0.1) is 0 Å². The third-order valence-corrected chi connectivity index (χ3v) is 6.60. The van der Waals surface area contributed by atoms with E-state index in [0.717, 1.165) is 11.3 Å². The minimum atomic E-state index is -0.665. The molecule has 2 heterocycles. The van der Waals surface area contributed by atoms with Gasteiger partial charge >= 0.3 is 0 Å². The Morgan fingerprint density at radius 1 is 1.07 bits per heavy atom. The summed E-state index contributed by atoms with van der Waals surface area (Å²) >= 11 is 0. The van der Waals surface area contributed by atoms with Gasteiger partial charge in [0, 0.05) is 43.1 Å². The second-order valence-corrected chi connectivity index (χ2v) is 9.04. The van der Waals surface area contributed by atoms with Crippen LogP contribution in [0.1, 0.15) is 39.6 Å². The van der Waals surface area contributed by atoms with Crippen molar-refractivity contribution in [1.29, 1.82) is 0 Å². The van der Waals surface area contributed by atoms with E-state index in [4.69, 9.17) is 25.0 Å². The van der Waals surface area contributed by atoms with Crippen molar-refractivity contribution < 1.29 is 28.8 Å². The predicted molar refractivity (Wildman–Crippen MR) is 152 cm³/mol. The molecule has 0 saturated heterocycles. The van der Waals surface area contributed by atoms with E-state index < -0.39 is 5.91 Å². The zero-order chi connectivity index (χ0) is 28.2. The van der Waals surface area contributed by atoms with Crippen molar-refractivity contribution in [1.82, 2.24) is 0 Å². The second-order valence-electron chi connectivity index (χ2n) is 9.04. The highest BCUT2D eigenvalue weighted by Crippen LogP contribution is 2.42. The molecule has 0 spiro atoms. The summed E-state index contributed by atoms with van der Waals surface area (Å²) in [6.45, 7) is 1.90. The summed E-state index contributed by atoms with van der Waals surface area (Å²) in [6, 6.07) is 13.7. The number of carbonyl (C=O) groups is 2. The van der Waals surface area contributed by atoms with Crippen molar-refractivity contribution in [2.75, 3.05) is 19.1 Å². The van der Waals surface area contributed by atoms with Gasteiger partial charge in [-0.3, -0.25) is 34.2 Å². The molecule has 0 aliphatic carbocycles. The molecular weight excluding hydrogens is 512 g/mol. The second kappa shape index (κ2) is 11.3. The summed E-state index contributed by atoms with van der Waals surface area (Å²) in [6.07, 6.45) is 8.48. The first kappa shape index (κ1) is 26.5. The zero-order valence-electron chi connectivity index (χ0n) is 22.3. The lowest BCUT2D eigenvalue weighted by atomic mass is 10.1. The number of nitrogens with two attached hydrogens (primary N) is 1. The van der Waals surface area contributed by atoms with Gasteiger partial charge in [0.15, 0.2) is 11.5 Å². The van der Waals surface area contributed by atoms with Crippen LogP contribution in [0.3, 0.4) is 0 Å². The Labute approximate surface area is 231 Å². The number of carbonyl (C=O) groups excluding carboxylic acids is 2. The van der Waals surface area contributed by atoms with Gasteiger partial charge in [0.25, 0.3) is 11.8 Å². The Kier molecular flexibility index (Phi) is 7.50. The van der Waals surface area contributed by atoms with Crippen molar-refractivity contribution in [3.05, 3.63) is 77.4 Å². The van der Waals surface area contributed by atoms with Crippen LogP contribution in [0.4, 0.5) is 17.1 Å². The third-order valence-electron chi connectivity index (χ3n) is 6.60. The van der Waals surface area contributed by atoms with Crippen LogP contribution in [0.15, 0.2) is 70.7 Å². The molecule has 0 aromatic heterocycles. The van der Waals surface area contributed by atoms with Crippen LogP contribution in [0.2, 0.25) is 0 Å². The van der Waals surface area contributed by atoms with E-state index >= 15 is 0 Å². The monoisotopic (exact) mass is 540 g/mol. The molecule has 0 unspecified atom stereocenters. The van der Waals surface area contributed by atoms with E-state index in [2.05, 4.69) is 9.98 Å². The number of nitrogens with zero attached hydrogens (tertiary/aromatic N) is 3. The van der Waals surface area contributed by atoms with Gasteiger partial charge in [-0.25, -0.2) is 0 Å². The van der Waals surface area contributed by atoms with Crippen molar-refractivity contribution in [3.8, 4) is 23.0 Å². The first-order chi connectivity index (χ1) is 19.4. The molecular formula is C30H28N4O6. The Morgan fingerprint density at radius 2 is 1.80 bits per heavy atom. The van der Waals surface area contributed by atoms with Crippen LogP contribution in [-0.4, -0.2) is 44.5 Å².